The Balaban J connectivity index is 0.00000136. The lowest BCUT2D eigenvalue weighted by Gasteiger charge is -2.38. The number of halogens is 2. The fraction of sp³-hybridized carbons (Fsp3) is 0.571. The van der Waals surface area contributed by atoms with Crippen LogP contribution >= 0.6 is 24.8 Å². The maximum atomic E-state index is 13.1. The van der Waals surface area contributed by atoms with Crippen LogP contribution in [0.2, 0.25) is 0 Å². The molecule has 31 heavy (non-hydrogen) atoms. The van der Waals surface area contributed by atoms with Gasteiger partial charge in [-0.1, -0.05) is 6.07 Å². The predicted molar refractivity (Wildman–Crippen MR) is 125 cm³/mol. The van der Waals surface area contributed by atoms with Crippen molar-refractivity contribution in [3.8, 4) is 5.88 Å². The van der Waals surface area contributed by atoms with Gasteiger partial charge >= 0.3 is 0 Å². The van der Waals surface area contributed by atoms with E-state index in [4.69, 9.17) is 4.74 Å². The van der Waals surface area contributed by atoms with Crippen LogP contribution in [0.15, 0.2) is 29.2 Å². The Kier molecular flexibility index (Phi) is 7.80. The van der Waals surface area contributed by atoms with Crippen LogP contribution in [-0.4, -0.2) is 65.8 Å². The maximum Gasteiger partial charge on any atom is 0.255 e. The lowest BCUT2D eigenvalue weighted by atomic mass is 9.84. The number of piperidine rings is 1. The van der Waals surface area contributed by atoms with E-state index in [0.717, 1.165) is 51.4 Å². The van der Waals surface area contributed by atoms with E-state index in [1.165, 1.54) is 12.1 Å². The molecule has 0 aliphatic carbocycles. The first-order chi connectivity index (χ1) is 14.2. The Morgan fingerprint density at radius 3 is 2.71 bits per heavy atom. The summed E-state index contributed by atoms with van der Waals surface area (Å²) in [6.45, 7) is 7.04. The quantitative estimate of drug-likeness (QED) is 0.728. The lowest BCUT2D eigenvalue weighted by molar-refractivity contribution is 0.240. The second-order valence-corrected chi connectivity index (χ2v) is 8.32. The molecular formula is C21H30Cl2N6O2. The normalized spacial score (nSPS) is 22.7. The zero-order valence-corrected chi connectivity index (χ0v) is 19.3. The summed E-state index contributed by atoms with van der Waals surface area (Å²) in [7, 11) is 1.62. The van der Waals surface area contributed by atoms with E-state index in [1.54, 1.807) is 19.4 Å². The van der Waals surface area contributed by atoms with E-state index >= 15 is 0 Å². The van der Waals surface area contributed by atoms with E-state index < -0.39 is 0 Å². The average Bonchev–Trinajstić information content (AvgIpc) is 2.77. The van der Waals surface area contributed by atoms with Crippen LogP contribution in [0.5, 0.6) is 5.88 Å². The minimum absolute atomic E-state index is 0. The summed E-state index contributed by atoms with van der Waals surface area (Å²) in [5.41, 5.74) is 2.33. The number of fused-ring (bicyclic) bond motifs is 4. The first-order valence-electron chi connectivity index (χ1n) is 10.5. The van der Waals surface area contributed by atoms with Crippen molar-refractivity contribution in [2.24, 2.45) is 5.92 Å². The van der Waals surface area contributed by atoms with E-state index in [0.29, 0.717) is 30.2 Å². The molecule has 0 amide bonds. The summed E-state index contributed by atoms with van der Waals surface area (Å²) in [4.78, 5) is 26.5. The molecule has 3 aliphatic heterocycles. The van der Waals surface area contributed by atoms with Crippen molar-refractivity contribution in [2.45, 2.75) is 25.4 Å². The fourth-order valence-electron chi connectivity index (χ4n) is 4.90. The van der Waals surface area contributed by atoms with Gasteiger partial charge in [0.05, 0.1) is 7.11 Å². The number of hydrogen-bond acceptors (Lipinski definition) is 7. The monoisotopic (exact) mass is 468 g/mol. The maximum absolute atomic E-state index is 13.1. The molecule has 2 atom stereocenters. The van der Waals surface area contributed by atoms with Crippen LogP contribution in [-0.2, 0) is 13.1 Å². The predicted octanol–water partition coefficient (Wildman–Crippen LogP) is 1.52. The Morgan fingerprint density at radius 2 is 1.94 bits per heavy atom. The van der Waals surface area contributed by atoms with Crippen molar-refractivity contribution in [1.82, 2.24) is 24.8 Å². The van der Waals surface area contributed by atoms with E-state index in [9.17, 15) is 4.79 Å². The highest BCUT2D eigenvalue weighted by molar-refractivity contribution is 5.85. The number of nitrogens with zero attached hydrogens (tertiary/aromatic N) is 5. The molecular weight excluding hydrogens is 439 g/mol. The van der Waals surface area contributed by atoms with Gasteiger partial charge in [0.25, 0.3) is 5.56 Å². The van der Waals surface area contributed by atoms with Gasteiger partial charge in [-0.15, -0.1) is 24.8 Å². The van der Waals surface area contributed by atoms with Crippen molar-refractivity contribution in [1.29, 1.82) is 0 Å². The zero-order valence-electron chi connectivity index (χ0n) is 17.7. The Labute approximate surface area is 194 Å². The second-order valence-electron chi connectivity index (χ2n) is 8.32. The van der Waals surface area contributed by atoms with Crippen LogP contribution in [0.4, 0.5) is 5.95 Å². The number of hydrogen-bond donors (Lipinski definition) is 1. The highest BCUT2D eigenvalue weighted by Crippen LogP contribution is 2.31. The highest BCUT2D eigenvalue weighted by Gasteiger charge is 2.31. The lowest BCUT2D eigenvalue weighted by Crippen LogP contribution is -2.48. The smallest absolute Gasteiger partial charge is 0.255 e. The molecule has 170 valence electrons. The third kappa shape index (κ3) is 4.82. The van der Waals surface area contributed by atoms with E-state index in [2.05, 4.69) is 41.8 Å². The summed E-state index contributed by atoms with van der Waals surface area (Å²) in [5.74, 6) is 2.36. The molecule has 2 fully saturated rings. The SMILES string of the molecule is COc1ccnc(N2CCN(Cc3ccc4n(c3=O)C[C@@H]3CNC[C@H]4C3)CC2)n1.Cl.Cl. The zero-order chi connectivity index (χ0) is 19.8. The molecule has 0 unspecified atom stereocenters. The molecule has 0 saturated carbocycles. The molecule has 0 spiro atoms. The fourth-order valence-corrected chi connectivity index (χ4v) is 4.90. The summed E-state index contributed by atoms with van der Waals surface area (Å²) in [6.07, 6.45) is 2.94. The molecule has 8 nitrogen and oxygen atoms in total. The Hall–Kier alpha value is -1.87. The molecule has 0 radical (unpaired) electrons. The standard InChI is InChI=1S/C21H28N6O2.2ClH/c1-29-19-4-5-23-21(24-19)26-8-6-25(7-9-26)14-16-2-3-18-17-10-15(11-22-12-17)13-27(18)20(16)28;;/h2-5,15,17,22H,6-14H2,1H3;2*1H/t15-,17+;;/m0../s1. The third-order valence-electron chi connectivity index (χ3n) is 6.46. The minimum atomic E-state index is 0. The van der Waals surface area contributed by atoms with Gasteiger partial charge in [-0.05, 0) is 24.9 Å². The number of piperazine rings is 1. The van der Waals surface area contributed by atoms with Crippen LogP contribution in [0.25, 0.3) is 0 Å². The molecule has 2 aromatic heterocycles. The van der Waals surface area contributed by atoms with Gasteiger partial charge in [0.1, 0.15) is 0 Å². The molecule has 3 aliphatic rings. The van der Waals surface area contributed by atoms with Gasteiger partial charge in [-0.2, -0.15) is 4.98 Å². The van der Waals surface area contributed by atoms with E-state index in [1.807, 2.05) is 0 Å². The number of anilines is 1. The summed E-state index contributed by atoms with van der Waals surface area (Å²) in [6, 6.07) is 6.00. The van der Waals surface area contributed by atoms with Crippen LogP contribution in [0.3, 0.4) is 0 Å². The summed E-state index contributed by atoms with van der Waals surface area (Å²) >= 11 is 0. The topological polar surface area (TPSA) is 75.5 Å². The number of rotatable bonds is 4. The van der Waals surface area contributed by atoms with Crippen LogP contribution in [0.1, 0.15) is 23.6 Å². The summed E-state index contributed by atoms with van der Waals surface area (Å²) in [5, 5.41) is 3.51. The van der Waals surface area contributed by atoms with E-state index in [-0.39, 0.29) is 30.4 Å². The molecule has 2 bridgehead atoms. The molecule has 2 aromatic rings. The molecule has 10 heteroatoms. The van der Waals surface area contributed by atoms with Gasteiger partial charge in [0.2, 0.25) is 11.8 Å². The van der Waals surface area contributed by atoms with Gasteiger partial charge in [-0.3, -0.25) is 9.69 Å². The summed E-state index contributed by atoms with van der Waals surface area (Å²) < 4.78 is 7.25. The number of methoxy groups -OCH3 is 1. The average molecular weight is 469 g/mol. The van der Waals surface area contributed by atoms with Crippen molar-refractivity contribution in [3.05, 3.63) is 46.0 Å². The van der Waals surface area contributed by atoms with Crippen molar-refractivity contribution in [2.75, 3.05) is 51.3 Å². The van der Waals surface area contributed by atoms with Gasteiger partial charge in [-0.25, -0.2) is 4.98 Å². The number of aromatic nitrogens is 3. The highest BCUT2D eigenvalue weighted by atomic mass is 35.5. The molecule has 0 aromatic carbocycles. The minimum Gasteiger partial charge on any atom is -0.481 e. The van der Waals surface area contributed by atoms with Gasteiger partial charge in [0, 0.05) is 75.3 Å². The second kappa shape index (κ2) is 10.2. The Morgan fingerprint density at radius 1 is 1.13 bits per heavy atom. The van der Waals surface area contributed by atoms with Gasteiger partial charge in [0.15, 0.2) is 0 Å². The number of pyridine rings is 1. The number of nitrogens with one attached hydrogen (secondary N) is 1. The van der Waals surface area contributed by atoms with Crippen LogP contribution in [0, 0.1) is 5.92 Å². The molecule has 5 heterocycles. The largest absolute Gasteiger partial charge is 0.481 e. The Bertz CT molecular complexity index is 948. The van der Waals surface area contributed by atoms with Crippen LogP contribution < -0.4 is 20.5 Å². The molecule has 2 saturated heterocycles. The first-order valence-corrected chi connectivity index (χ1v) is 10.5. The third-order valence-corrected chi connectivity index (χ3v) is 6.46. The molecule has 1 N–H and O–H groups in total. The van der Waals surface area contributed by atoms with Crippen molar-refractivity contribution < 1.29 is 4.74 Å². The van der Waals surface area contributed by atoms with Gasteiger partial charge < -0.3 is 19.5 Å². The van der Waals surface area contributed by atoms with Crippen molar-refractivity contribution in [3.63, 3.8) is 0 Å². The number of ether oxygens (including phenoxy) is 1. The van der Waals surface area contributed by atoms with Crippen molar-refractivity contribution >= 4 is 30.8 Å². The first kappa shape index (κ1) is 23.8. The molecule has 5 rings (SSSR count).